The number of aliphatic carboxylic acids is 1. The molecule has 4 rings (SSSR count). The Balaban J connectivity index is 0.000000327. The molecule has 8 N–H and O–H groups in total. The van der Waals surface area contributed by atoms with Crippen molar-refractivity contribution in [2.75, 3.05) is 13.2 Å². The van der Waals surface area contributed by atoms with E-state index in [1.165, 1.54) is 24.3 Å². The molecule has 0 aliphatic heterocycles. The number of hydrogen-bond donors (Lipinski definition) is 7. The monoisotopic (exact) mass is 810 g/mol. The smallest absolute Gasteiger partial charge is 0.309 e. The van der Waals surface area contributed by atoms with Gasteiger partial charge in [-0.25, -0.2) is 20.4 Å². The van der Waals surface area contributed by atoms with Crippen molar-refractivity contribution in [2.45, 2.75) is 26.7 Å². The van der Waals surface area contributed by atoms with Crippen LogP contribution < -0.4 is 22.1 Å². The minimum Gasteiger partial charge on any atom is -0.481 e. The van der Waals surface area contributed by atoms with Gasteiger partial charge in [0.05, 0.1) is 66.4 Å². The molecule has 4 aromatic rings. The second-order valence-electron chi connectivity index (χ2n) is 11.9. The van der Waals surface area contributed by atoms with Gasteiger partial charge in [-0.3, -0.25) is 35.5 Å². The van der Waals surface area contributed by atoms with Gasteiger partial charge < -0.3 is 15.3 Å². The molecule has 0 bridgehead atoms. The molecule has 0 unspecified atom stereocenters. The van der Waals surface area contributed by atoms with Crippen LogP contribution in [0, 0.1) is 56.7 Å². The number of rotatable bonds is 10. The van der Waals surface area contributed by atoms with E-state index in [4.69, 9.17) is 64.2 Å². The van der Waals surface area contributed by atoms with E-state index in [1.54, 1.807) is 62.4 Å². The van der Waals surface area contributed by atoms with Gasteiger partial charge in [0.1, 0.15) is 0 Å². The van der Waals surface area contributed by atoms with Crippen molar-refractivity contribution < 1.29 is 34.5 Å². The molecule has 15 nitrogen and oxygen atoms in total. The maximum atomic E-state index is 12.3. The van der Waals surface area contributed by atoms with Crippen molar-refractivity contribution in [1.82, 2.24) is 16.3 Å². The number of hydrogen-bond acceptors (Lipinski definition) is 8. The van der Waals surface area contributed by atoms with Gasteiger partial charge in [-0.15, -0.1) is 0 Å². The van der Waals surface area contributed by atoms with Crippen LogP contribution in [0.15, 0.2) is 72.8 Å². The largest absolute Gasteiger partial charge is 0.481 e. The summed E-state index contributed by atoms with van der Waals surface area (Å²) < 4.78 is 0. The van der Waals surface area contributed by atoms with Crippen LogP contribution in [-0.4, -0.2) is 52.2 Å². The Morgan fingerprint density at radius 3 is 1.58 bits per heavy atom. The van der Waals surface area contributed by atoms with E-state index in [0.717, 1.165) is 11.1 Å². The minimum absolute atomic E-state index is 0.193. The maximum Gasteiger partial charge on any atom is 0.309 e. The van der Waals surface area contributed by atoms with Crippen LogP contribution in [0.25, 0.3) is 14.5 Å². The molecule has 0 heterocycles. The molecule has 0 aliphatic rings. The van der Waals surface area contributed by atoms with Gasteiger partial charge in [-0.2, -0.15) is 5.26 Å². The van der Waals surface area contributed by atoms with Crippen LogP contribution >= 0.6 is 23.2 Å². The lowest BCUT2D eigenvalue weighted by Crippen LogP contribution is -2.45. The molecule has 0 radical (unpaired) electrons. The third-order valence-corrected chi connectivity index (χ3v) is 9.21. The number of nitrogens with zero attached hydrogens (tertiary/aromatic N) is 4. The number of amides is 3. The second kappa shape index (κ2) is 23.2. The van der Waals surface area contributed by atoms with E-state index < -0.39 is 42.8 Å². The Hall–Kier alpha value is -6.82. The molecular formula is C40H36Cl2N8O7. The van der Waals surface area contributed by atoms with Gasteiger partial charge in [0.2, 0.25) is 17.3 Å². The fourth-order valence-corrected chi connectivity index (χ4v) is 5.25. The van der Waals surface area contributed by atoms with Crippen LogP contribution in [0.1, 0.15) is 48.5 Å². The predicted molar refractivity (Wildman–Crippen MR) is 212 cm³/mol. The molecule has 0 fully saturated rings. The fourth-order valence-electron chi connectivity index (χ4n) is 4.80. The highest BCUT2D eigenvalue weighted by molar-refractivity contribution is 6.34. The number of nitrogens with two attached hydrogens (primary N) is 1. The normalized spacial score (nSPS) is 10.8. The highest BCUT2D eigenvalue weighted by atomic mass is 35.5. The molecular weight excluding hydrogens is 775 g/mol. The number of aliphatic hydroxyl groups excluding tert-OH is 2. The number of halogens is 2. The third-order valence-electron chi connectivity index (χ3n) is 8.26. The summed E-state index contributed by atoms with van der Waals surface area (Å²) in [7, 11) is 0. The Kier molecular flexibility index (Phi) is 18.8. The molecule has 292 valence electrons. The van der Waals surface area contributed by atoms with Gasteiger partial charge in [-0.05, 0) is 73.2 Å². The molecule has 4 aromatic carbocycles. The summed E-state index contributed by atoms with van der Waals surface area (Å²) >= 11 is 12.1. The van der Waals surface area contributed by atoms with Crippen LogP contribution in [0.5, 0.6) is 0 Å². The van der Waals surface area contributed by atoms with Crippen LogP contribution in [-0.2, 0) is 22.4 Å². The Bertz CT molecular complexity index is 2260. The number of benzene rings is 4. The molecule has 57 heavy (non-hydrogen) atoms. The van der Waals surface area contributed by atoms with Crippen molar-refractivity contribution in [3.05, 3.63) is 156 Å². The lowest BCUT2D eigenvalue weighted by Gasteiger charge is -2.17. The summed E-state index contributed by atoms with van der Waals surface area (Å²) in [4.78, 5) is 55.9. The average Bonchev–Trinajstić information content (AvgIpc) is 3.23. The SMILES string of the molecule is [C-]#[N+]c1ccc(C(=O)NN)cc1.[C-]#[N+]c1ccc(C[C@H](CO)C(=O)NNC(=O)c2ccc(C#N)cc2)c(C)c1Cl.[C-]#[N+]c1ccc(C[C@H](CO)C(=O)O)c(C)c1Cl. The molecule has 0 saturated heterocycles. The fraction of sp³-hybridized carbons (Fsp3) is 0.200. The van der Waals surface area contributed by atoms with Gasteiger partial charge in [0.15, 0.2) is 5.69 Å². The first-order valence-corrected chi connectivity index (χ1v) is 17.3. The lowest BCUT2D eigenvalue weighted by molar-refractivity contribution is -0.143. The topological polar surface area (TPSA) is 228 Å². The zero-order chi connectivity index (χ0) is 42.7. The predicted octanol–water partition coefficient (Wildman–Crippen LogP) is 5.96. The van der Waals surface area contributed by atoms with Crippen LogP contribution in [0.2, 0.25) is 10.0 Å². The van der Waals surface area contributed by atoms with E-state index in [2.05, 4.69) is 25.4 Å². The number of aliphatic hydroxyl groups is 2. The zero-order valence-corrected chi connectivity index (χ0v) is 32.0. The Labute approximate surface area is 338 Å². The molecule has 0 aliphatic carbocycles. The number of hydrazine groups is 2. The van der Waals surface area contributed by atoms with Gasteiger partial charge >= 0.3 is 5.97 Å². The summed E-state index contributed by atoms with van der Waals surface area (Å²) in [5, 5.41) is 36.8. The summed E-state index contributed by atoms with van der Waals surface area (Å²) in [5.41, 5.74) is 11.7. The maximum absolute atomic E-state index is 12.3. The average molecular weight is 812 g/mol. The van der Waals surface area contributed by atoms with E-state index in [1.807, 2.05) is 11.5 Å². The highest BCUT2D eigenvalue weighted by Crippen LogP contribution is 2.32. The summed E-state index contributed by atoms with van der Waals surface area (Å²) in [6, 6.07) is 20.6. The van der Waals surface area contributed by atoms with E-state index in [-0.39, 0.29) is 24.3 Å². The number of nitrogens with one attached hydrogen (secondary N) is 3. The van der Waals surface area contributed by atoms with Crippen molar-refractivity contribution in [1.29, 1.82) is 5.26 Å². The number of carboxylic acid groups (broad SMARTS) is 1. The van der Waals surface area contributed by atoms with E-state index >= 15 is 0 Å². The first-order valence-electron chi connectivity index (χ1n) is 16.5. The standard InChI is InChI=1S/C20H17ClN4O3.C12H12ClNO3.C8H7N3O/c1-12-15(7-8-17(23-2)18(12)21)9-16(11-26)20(28)25-24-19(27)14-5-3-13(10-22)4-6-14;1-7-8(5-9(6-15)12(16)17)3-4-10(14-2)11(7)13;1-10-7-4-2-6(3-5-7)8(12)11-9/h3-8,16,26H,9,11H2,1H3,(H,24,27)(H,25,28);3-4,9,15H,5-6H2,1H3,(H,16,17);2-5H,9H2,(H,11,12)/t16-;9-;/m11./s1. The second-order valence-corrected chi connectivity index (χ2v) is 12.6. The van der Waals surface area contributed by atoms with Crippen LogP contribution in [0.4, 0.5) is 17.1 Å². The van der Waals surface area contributed by atoms with Gasteiger partial charge in [-0.1, -0.05) is 71.7 Å². The quantitative estimate of drug-likeness (QED) is 0.0433. The van der Waals surface area contributed by atoms with Crippen LogP contribution in [0.3, 0.4) is 0 Å². The van der Waals surface area contributed by atoms with Crippen molar-refractivity contribution in [3.63, 3.8) is 0 Å². The number of nitriles is 1. The Morgan fingerprint density at radius 1 is 0.719 bits per heavy atom. The Morgan fingerprint density at radius 2 is 1.18 bits per heavy atom. The lowest BCUT2D eigenvalue weighted by atomic mass is 9.95. The summed E-state index contributed by atoms with van der Waals surface area (Å²) in [6.45, 7) is 23.3. The first kappa shape index (κ1) is 46.3. The number of carboxylic acids is 1. The van der Waals surface area contributed by atoms with Crippen molar-refractivity contribution in [2.24, 2.45) is 17.7 Å². The molecule has 0 saturated carbocycles. The molecule has 2 atom stereocenters. The van der Waals surface area contributed by atoms with E-state index in [0.29, 0.717) is 49.4 Å². The summed E-state index contributed by atoms with van der Waals surface area (Å²) in [5.74, 6) is 0.754. The van der Waals surface area contributed by atoms with Crippen molar-refractivity contribution >= 4 is 64.0 Å². The summed E-state index contributed by atoms with van der Waals surface area (Å²) in [6.07, 6.45) is 0.397. The molecule has 17 heteroatoms. The number of carbonyl (C=O) groups excluding carboxylic acids is 3. The molecule has 0 aromatic heterocycles. The highest BCUT2D eigenvalue weighted by Gasteiger charge is 2.22. The minimum atomic E-state index is -1.04. The number of carbonyl (C=O) groups is 4. The first-order chi connectivity index (χ1) is 27.2. The molecule has 3 amide bonds. The third kappa shape index (κ3) is 13.5. The van der Waals surface area contributed by atoms with Gasteiger partial charge in [0, 0.05) is 11.1 Å². The van der Waals surface area contributed by atoms with Crippen molar-refractivity contribution in [3.8, 4) is 6.07 Å². The molecule has 0 spiro atoms. The number of nitrogen functional groups attached to an aromatic ring is 1. The zero-order valence-electron chi connectivity index (χ0n) is 30.5. The van der Waals surface area contributed by atoms with E-state index in [9.17, 15) is 24.3 Å². The van der Waals surface area contributed by atoms with Gasteiger partial charge in [0.25, 0.3) is 11.8 Å².